The average molecular weight is 267 g/mol. The van der Waals surface area contributed by atoms with Crippen molar-refractivity contribution < 1.29 is 9.84 Å². The molecule has 3 heteroatoms. The Labute approximate surface area is 96.6 Å². The van der Waals surface area contributed by atoms with Crippen LogP contribution in [0.4, 0.5) is 0 Å². The van der Waals surface area contributed by atoms with Gasteiger partial charge in [-0.1, -0.05) is 24.3 Å². The lowest BCUT2D eigenvalue weighted by atomic mass is 10.0. The Balaban J connectivity index is 2.98. The van der Waals surface area contributed by atoms with Gasteiger partial charge in [0.1, 0.15) is 11.5 Å². The largest absolute Gasteiger partial charge is 0.506 e. The molecule has 0 unspecified atom stereocenters. The average Bonchev–Trinajstić information content (AvgIpc) is 2.27. The lowest BCUT2D eigenvalue weighted by Crippen LogP contribution is -1.91. The summed E-state index contributed by atoms with van der Waals surface area (Å²) in [6, 6.07) is 7.63. The minimum absolute atomic E-state index is 0.268. The molecule has 15 heavy (non-hydrogen) atoms. The van der Waals surface area contributed by atoms with E-state index in [2.05, 4.69) is 15.9 Å². The monoisotopic (exact) mass is 266 g/mol. The summed E-state index contributed by atoms with van der Waals surface area (Å²) in [6.07, 6.45) is 0. The first-order valence-electron chi connectivity index (χ1n) is 4.60. The predicted molar refractivity (Wildman–Crippen MR) is 64.6 cm³/mol. The van der Waals surface area contributed by atoms with E-state index in [1.165, 1.54) is 0 Å². The van der Waals surface area contributed by atoms with Crippen molar-refractivity contribution in [2.45, 2.75) is 6.92 Å². The van der Waals surface area contributed by atoms with Crippen LogP contribution in [0.2, 0.25) is 0 Å². The number of phenolic OH excluding ortho intramolecular Hbond substituents is 1. The van der Waals surface area contributed by atoms with E-state index >= 15 is 0 Å². The zero-order valence-electron chi connectivity index (χ0n) is 8.54. The summed E-state index contributed by atoms with van der Waals surface area (Å²) in [5, 5.41) is 11.7. The number of benzene rings is 2. The van der Waals surface area contributed by atoms with Crippen molar-refractivity contribution in [2.75, 3.05) is 7.11 Å². The van der Waals surface area contributed by atoms with Crippen LogP contribution in [0.25, 0.3) is 10.8 Å². The van der Waals surface area contributed by atoms with Gasteiger partial charge in [0.25, 0.3) is 0 Å². The molecule has 0 spiro atoms. The first kappa shape index (κ1) is 10.3. The van der Waals surface area contributed by atoms with Gasteiger partial charge in [-0.25, -0.2) is 0 Å². The van der Waals surface area contributed by atoms with Crippen LogP contribution in [0.3, 0.4) is 0 Å². The van der Waals surface area contributed by atoms with Gasteiger partial charge >= 0.3 is 0 Å². The second kappa shape index (κ2) is 3.74. The van der Waals surface area contributed by atoms with Crippen molar-refractivity contribution in [3.05, 3.63) is 34.3 Å². The van der Waals surface area contributed by atoms with Gasteiger partial charge in [-0.15, -0.1) is 0 Å². The van der Waals surface area contributed by atoms with Crippen molar-refractivity contribution in [1.82, 2.24) is 0 Å². The highest BCUT2D eigenvalue weighted by atomic mass is 79.9. The lowest BCUT2D eigenvalue weighted by Gasteiger charge is -2.12. The molecule has 78 valence electrons. The first-order valence-corrected chi connectivity index (χ1v) is 5.40. The van der Waals surface area contributed by atoms with Gasteiger partial charge in [0, 0.05) is 16.3 Å². The van der Waals surface area contributed by atoms with Crippen LogP contribution < -0.4 is 4.74 Å². The molecule has 0 aliphatic rings. The number of hydrogen-bond donors (Lipinski definition) is 1. The van der Waals surface area contributed by atoms with Crippen LogP contribution >= 0.6 is 15.9 Å². The molecular weight excluding hydrogens is 256 g/mol. The molecule has 0 amide bonds. The Kier molecular flexibility index (Phi) is 2.57. The van der Waals surface area contributed by atoms with Crippen molar-refractivity contribution in [3.8, 4) is 11.5 Å². The zero-order chi connectivity index (χ0) is 11.0. The molecule has 0 saturated carbocycles. The minimum atomic E-state index is 0.268. The molecule has 2 rings (SSSR count). The van der Waals surface area contributed by atoms with Gasteiger partial charge in [-0.05, 0) is 22.9 Å². The summed E-state index contributed by atoms with van der Waals surface area (Å²) in [7, 11) is 1.64. The van der Waals surface area contributed by atoms with Crippen LogP contribution in [0.15, 0.2) is 28.7 Å². The van der Waals surface area contributed by atoms with E-state index in [4.69, 9.17) is 4.74 Å². The van der Waals surface area contributed by atoms with Gasteiger partial charge in [-0.2, -0.15) is 0 Å². The second-order valence-corrected chi connectivity index (χ2v) is 4.16. The zero-order valence-corrected chi connectivity index (χ0v) is 10.1. The standard InChI is InChI=1S/C12H11BrO2/c1-7-10(13)11(14)8-5-3-4-6-9(8)12(7)15-2/h3-6,14H,1-2H3. The fourth-order valence-electron chi connectivity index (χ4n) is 1.75. The number of fused-ring (bicyclic) bond motifs is 1. The number of ether oxygens (including phenoxy) is 1. The molecule has 0 bridgehead atoms. The fourth-order valence-corrected chi connectivity index (χ4v) is 2.14. The van der Waals surface area contributed by atoms with Crippen LogP contribution in [-0.4, -0.2) is 12.2 Å². The molecular formula is C12H11BrO2. The molecule has 0 aliphatic heterocycles. The molecule has 0 atom stereocenters. The van der Waals surface area contributed by atoms with E-state index in [0.717, 1.165) is 22.1 Å². The van der Waals surface area contributed by atoms with Crippen LogP contribution in [0.1, 0.15) is 5.56 Å². The number of phenols is 1. The molecule has 1 N–H and O–H groups in total. The lowest BCUT2D eigenvalue weighted by molar-refractivity contribution is 0.414. The molecule has 2 aromatic rings. The highest BCUT2D eigenvalue weighted by molar-refractivity contribution is 9.10. The smallest absolute Gasteiger partial charge is 0.138 e. The minimum Gasteiger partial charge on any atom is -0.506 e. The summed E-state index contributed by atoms with van der Waals surface area (Å²) in [5.74, 6) is 1.07. The molecule has 0 heterocycles. The molecule has 0 radical (unpaired) electrons. The van der Waals surface area contributed by atoms with E-state index < -0.39 is 0 Å². The number of hydrogen-bond acceptors (Lipinski definition) is 2. The summed E-state index contributed by atoms with van der Waals surface area (Å²) in [4.78, 5) is 0. The Hall–Kier alpha value is -1.22. The summed E-state index contributed by atoms with van der Waals surface area (Å²) in [5.41, 5.74) is 0.911. The Morgan fingerprint density at radius 2 is 1.80 bits per heavy atom. The van der Waals surface area contributed by atoms with E-state index in [1.54, 1.807) is 7.11 Å². The van der Waals surface area contributed by atoms with Gasteiger partial charge < -0.3 is 9.84 Å². The number of methoxy groups -OCH3 is 1. The quantitative estimate of drug-likeness (QED) is 0.855. The van der Waals surface area contributed by atoms with E-state index in [0.29, 0.717) is 4.47 Å². The van der Waals surface area contributed by atoms with Gasteiger partial charge in [0.15, 0.2) is 0 Å². The third-order valence-electron chi connectivity index (χ3n) is 2.51. The Morgan fingerprint density at radius 1 is 1.20 bits per heavy atom. The highest BCUT2D eigenvalue weighted by Crippen LogP contribution is 2.42. The van der Waals surface area contributed by atoms with Gasteiger partial charge in [0.05, 0.1) is 11.6 Å². The Bertz CT molecular complexity index is 521. The fraction of sp³-hybridized carbons (Fsp3) is 0.167. The van der Waals surface area contributed by atoms with E-state index in [1.807, 2.05) is 31.2 Å². The number of rotatable bonds is 1. The molecule has 0 fully saturated rings. The van der Waals surface area contributed by atoms with Crippen molar-refractivity contribution in [3.63, 3.8) is 0 Å². The second-order valence-electron chi connectivity index (χ2n) is 3.37. The van der Waals surface area contributed by atoms with Crippen molar-refractivity contribution in [1.29, 1.82) is 0 Å². The molecule has 2 nitrogen and oxygen atoms in total. The van der Waals surface area contributed by atoms with Crippen LogP contribution in [0, 0.1) is 6.92 Å². The normalized spacial score (nSPS) is 10.6. The van der Waals surface area contributed by atoms with Crippen LogP contribution in [0.5, 0.6) is 11.5 Å². The van der Waals surface area contributed by atoms with Gasteiger partial charge in [0.2, 0.25) is 0 Å². The van der Waals surface area contributed by atoms with Crippen LogP contribution in [-0.2, 0) is 0 Å². The number of aromatic hydroxyl groups is 1. The molecule has 2 aromatic carbocycles. The summed E-state index contributed by atoms with van der Waals surface area (Å²) < 4.78 is 6.05. The Morgan fingerprint density at radius 3 is 2.40 bits per heavy atom. The maximum atomic E-state index is 9.96. The van der Waals surface area contributed by atoms with Crippen molar-refractivity contribution in [2.24, 2.45) is 0 Å². The molecule has 0 aromatic heterocycles. The van der Waals surface area contributed by atoms with E-state index in [9.17, 15) is 5.11 Å². The van der Waals surface area contributed by atoms with Gasteiger partial charge in [-0.3, -0.25) is 0 Å². The predicted octanol–water partition coefficient (Wildman–Crippen LogP) is 3.62. The third kappa shape index (κ3) is 1.47. The summed E-state index contributed by atoms with van der Waals surface area (Å²) in [6.45, 7) is 1.91. The topological polar surface area (TPSA) is 29.5 Å². The first-order chi connectivity index (χ1) is 7.16. The van der Waals surface area contributed by atoms with E-state index in [-0.39, 0.29) is 5.75 Å². The summed E-state index contributed by atoms with van der Waals surface area (Å²) >= 11 is 3.36. The SMILES string of the molecule is COc1c(C)c(Br)c(O)c2ccccc12. The number of halogens is 1. The molecule has 0 saturated heterocycles. The third-order valence-corrected chi connectivity index (χ3v) is 3.48. The molecule has 0 aliphatic carbocycles. The maximum Gasteiger partial charge on any atom is 0.138 e. The van der Waals surface area contributed by atoms with Crippen molar-refractivity contribution >= 4 is 26.7 Å². The maximum absolute atomic E-state index is 9.96. The highest BCUT2D eigenvalue weighted by Gasteiger charge is 2.14.